The van der Waals surface area contributed by atoms with Crippen LogP contribution in [0, 0.1) is 13.8 Å². The van der Waals surface area contributed by atoms with Crippen LogP contribution in [0.4, 0.5) is 0 Å². The van der Waals surface area contributed by atoms with Crippen LogP contribution in [0.5, 0.6) is 0 Å². The van der Waals surface area contributed by atoms with Crippen molar-refractivity contribution in [3.05, 3.63) is 47.3 Å². The average Bonchev–Trinajstić information content (AvgIpc) is 2.65. The first-order valence-electron chi connectivity index (χ1n) is 5.70. The number of rotatable bonds is 1. The van der Waals surface area contributed by atoms with Crippen LogP contribution in [0.2, 0.25) is 0 Å². The first-order valence-corrected chi connectivity index (χ1v) is 5.70. The van der Waals surface area contributed by atoms with Crippen LogP contribution in [0.15, 0.2) is 30.3 Å². The molecule has 0 atom stereocenters. The molecule has 4 heteroatoms. The van der Waals surface area contributed by atoms with Gasteiger partial charge in [0.2, 0.25) is 0 Å². The molecular formula is C14H12N2O2. The van der Waals surface area contributed by atoms with Gasteiger partial charge in [0.25, 0.3) is 0 Å². The van der Waals surface area contributed by atoms with Gasteiger partial charge in [-0.15, -0.1) is 0 Å². The number of imidazole rings is 1. The number of para-hydroxylation sites is 1. The van der Waals surface area contributed by atoms with Crippen LogP contribution in [-0.2, 0) is 0 Å². The number of aryl methyl sites for hydroxylation is 2. The molecular weight excluding hydrogens is 228 g/mol. The van der Waals surface area contributed by atoms with E-state index in [9.17, 15) is 9.90 Å². The second kappa shape index (κ2) is 3.57. The number of carboxylic acids is 1. The Hall–Kier alpha value is -2.36. The monoisotopic (exact) mass is 240 g/mol. The van der Waals surface area contributed by atoms with Crippen LogP contribution in [0.25, 0.3) is 16.6 Å². The fraction of sp³-hybridized carbons (Fsp3) is 0.143. The molecule has 1 aromatic carbocycles. The van der Waals surface area contributed by atoms with Crippen molar-refractivity contribution in [2.24, 2.45) is 0 Å². The van der Waals surface area contributed by atoms with Crippen molar-refractivity contribution in [2.45, 2.75) is 13.8 Å². The van der Waals surface area contributed by atoms with Gasteiger partial charge in [0, 0.05) is 0 Å². The lowest BCUT2D eigenvalue weighted by molar-refractivity contribution is 0.0689. The molecule has 0 fully saturated rings. The molecule has 0 aliphatic carbocycles. The molecule has 0 radical (unpaired) electrons. The predicted molar refractivity (Wildman–Crippen MR) is 69.1 cm³/mol. The molecule has 1 N–H and O–H groups in total. The van der Waals surface area contributed by atoms with Gasteiger partial charge in [-0.1, -0.05) is 18.2 Å². The number of aromatic nitrogens is 2. The number of nitrogens with zero attached hydrogens (tertiary/aromatic N) is 2. The first-order chi connectivity index (χ1) is 8.59. The molecule has 3 rings (SSSR count). The van der Waals surface area contributed by atoms with Gasteiger partial charge < -0.3 is 5.11 Å². The number of aromatic carboxylic acids is 1. The maximum Gasteiger partial charge on any atom is 0.354 e. The predicted octanol–water partition coefficient (Wildman–Crippen LogP) is 2.80. The minimum Gasteiger partial charge on any atom is -0.477 e. The van der Waals surface area contributed by atoms with Gasteiger partial charge in [-0.3, -0.25) is 4.40 Å². The van der Waals surface area contributed by atoms with E-state index in [0.29, 0.717) is 11.3 Å². The van der Waals surface area contributed by atoms with Gasteiger partial charge in [0.1, 0.15) is 5.65 Å². The van der Waals surface area contributed by atoms with E-state index >= 15 is 0 Å². The Morgan fingerprint density at radius 3 is 2.72 bits per heavy atom. The highest BCUT2D eigenvalue weighted by atomic mass is 16.4. The molecule has 0 saturated carbocycles. The summed E-state index contributed by atoms with van der Waals surface area (Å²) in [6, 6.07) is 9.73. The van der Waals surface area contributed by atoms with Crippen molar-refractivity contribution in [1.29, 1.82) is 0 Å². The fourth-order valence-corrected chi connectivity index (χ4v) is 2.43. The molecule has 0 unspecified atom stereocenters. The third-order valence-corrected chi connectivity index (χ3v) is 3.18. The lowest BCUT2D eigenvalue weighted by Gasteiger charge is -2.07. The molecule has 0 bridgehead atoms. The van der Waals surface area contributed by atoms with Gasteiger partial charge >= 0.3 is 5.97 Å². The van der Waals surface area contributed by atoms with E-state index in [2.05, 4.69) is 4.98 Å². The van der Waals surface area contributed by atoms with Crippen molar-refractivity contribution in [1.82, 2.24) is 9.38 Å². The summed E-state index contributed by atoms with van der Waals surface area (Å²) in [5.41, 5.74) is 3.40. The van der Waals surface area contributed by atoms with Crippen molar-refractivity contribution in [3.8, 4) is 0 Å². The Bertz CT molecular complexity index is 787. The molecule has 2 heterocycles. The smallest absolute Gasteiger partial charge is 0.354 e. The van der Waals surface area contributed by atoms with Crippen molar-refractivity contribution in [3.63, 3.8) is 0 Å². The van der Waals surface area contributed by atoms with E-state index in [1.54, 1.807) is 11.3 Å². The normalized spacial score (nSPS) is 11.2. The highest BCUT2D eigenvalue weighted by Gasteiger charge is 2.17. The molecule has 0 spiro atoms. The molecule has 0 aliphatic heterocycles. The summed E-state index contributed by atoms with van der Waals surface area (Å²) < 4.78 is 1.72. The molecule has 0 aliphatic rings. The van der Waals surface area contributed by atoms with Gasteiger partial charge in [-0.05, 0) is 36.9 Å². The topological polar surface area (TPSA) is 54.6 Å². The number of benzene rings is 1. The molecule has 2 aromatic heterocycles. The maximum atomic E-state index is 11.4. The number of hydrogen-bond acceptors (Lipinski definition) is 2. The van der Waals surface area contributed by atoms with Gasteiger partial charge in [0.05, 0.1) is 11.2 Å². The molecule has 0 amide bonds. The zero-order valence-corrected chi connectivity index (χ0v) is 10.1. The quantitative estimate of drug-likeness (QED) is 0.711. The Morgan fingerprint density at radius 2 is 2.00 bits per heavy atom. The number of pyridine rings is 1. The highest BCUT2D eigenvalue weighted by Crippen LogP contribution is 2.23. The van der Waals surface area contributed by atoms with Crippen molar-refractivity contribution >= 4 is 22.5 Å². The van der Waals surface area contributed by atoms with E-state index in [1.165, 1.54) is 0 Å². The summed E-state index contributed by atoms with van der Waals surface area (Å²) in [7, 11) is 0. The largest absolute Gasteiger partial charge is 0.477 e. The van der Waals surface area contributed by atoms with E-state index in [4.69, 9.17) is 0 Å². The number of carboxylic acid groups (broad SMARTS) is 1. The van der Waals surface area contributed by atoms with Crippen LogP contribution in [0.1, 0.15) is 21.7 Å². The minimum absolute atomic E-state index is 0.241. The van der Waals surface area contributed by atoms with E-state index in [-0.39, 0.29) is 5.69 Å². The molecule has 0 saturated heterocycles. The average molecular weight is 240 g/mol. The van der Waals surface area contributed by atoms with E-state index in [1.807, 2.05) is 37.3 Å². The molecule has 18 heavy (non-hydrogen) atoms. The maximum absolute atomic E-state index is 11.4. The summed E-state index contributed by atoms with van der Waals surface area (Å²) in [5, 5.41) is 10.4. The molecule has 90 valence electrons. The molecule has 4 nitrogen and oxygen atoms in total. The van der Waals surface area contributed by atoms with Crippen LogP contribution >= 0.6 is 0 Å². The van der Waals surface area contributed by atoms with Crippen molar-refractivity contribution in [2.75, 3.05) is 0 Å². The summed E-state index contributed by atoms with van der Waals surface area (Å²) >= 11 is 0. The summed E-state index contributed by atoms with van der Waals surface area (Å²) in [6.07, 6.45) is 0. The van der Waals surface area contributed by atoms with Crippen LogP contribution < -0.4 is 0 Å². The third-order valence-electron chi connectivity index (χ3n) is 3.18. The Kier molecular flexibility index (Phi) is 2.13. The molecule has 3 aromatic rings. The van der Waals surface area contributed by atoms with Crippen LogP contribution in [0.3, 0.4) is 0 Å². The standard InChI is InChI=1S/C14H12N2O2/c1-8-4-3-5-10-6-7-11-15-9(2)13(14(17)18)16(11)12(8)10/h3-7H,1-2H3,(H,17,18). The van der Waals surface area contributed by atoms with Gasteiger partial charge in [-0.25, -0.2) is 9.78 Å². The zero-order valence-electron chi connectivity index (χ0n) is 10.1. The van der Waals surface area contributed by atoms with E-state index < -0.39 is 5.97 Å². The highest BCUT2D eigenvalue weighted by molar-refractivity contribution is 5.93. The second-order valence-electron chi connectivity index (χ2n) is 4.39. The summed E-state index contributed by atoms with van der Waals surface area (Å²) in [4.78, 5) is 15.7. The second-order valence-corrected chi connectivity index (χ2v) is 4.39. The SMILES string of the molecule is Cc1nc2ccc3cccc(C)c3n2c1C(=O)O. The Balaban J connectivity index is 2.64. The number of carbonyl (C=O) groups is 1. The summed E-state index contributed by atoms with van der Waals surface area (Å²) in [6.45, 7) is 3.70. The first kappa shape index (κ1) is 10.8. The lowest BCUT2D eigenvalue weighted by Crippen LogP contribution is -2.05. The van der Waals surface area contributed by atoms with Gasteiger partial charge in [0.15, 0.2) is 5.69 Å². The third kappa shape index (κ3) is 1.32. The van der Waals surface area contributed by atoms with E-state index in [0.717, 1.165) is 16.5 Å². The number of fused-ring (bicyclic) bond motifs is 3. The zero-order chi connectivity index (χ0) is 12.9. The fourth-order valence-electron chi connectivity index (χ4n) is 2.43. The summed E-state index contributed by atoms with van der Waals surface area (Å²) in [5.74, 6) is -0.948. The Morgan fingerprint density at radius 1 is 1.22 bits per heavy atom. The Labute approximate surface area is 104 Å². The number of hydrogen-bond donors (Lipinski definition) is 1. The van der Waals surface area contributed by atoms with Gasteiger partial charge in [-0.2, -0.15) is 0 Å². The lowest BCUT2D eigenvalue weighted by atomic mass is 10.1. The van der Waals surface area contributed by atoms with Crippen LogP contribution in [-0.4, -0.2) is 20.5 Å². The van der Waals surface area contributed by atoms with Crippen molar-refractivity contribution < 1.29 is 9.90 Å². The minimum atomic E-state index is -0.948.